The van der Waals surface area contributed by atoms with Gasteiger partial charge in [-0.3, -0.25) is 29.8 Å². The molecule has 2 N–H and O–H groups in total. The number of hydrogen-bond acceptors (Lipinski definition) is 4. The second kappa shape index (κ2) is 22.7. The minimum absolute atomic E-state index is 0. The van der Waals surface area contributed by atoms with E-state index in [2.05, 4.69) is 20.0 Å². The second-order valence-electron chi connectivity index (χ2n) is 4.11. The average molecular weight is 413 g/mol. The molecule has 12 heteroatoms. The molecule has 0 saturated heterocycles. The van der Waals surface area contributed by atoms with Crippen LogP contribution in [0, 0.1) is 0 Å². The van der Waals surface area contributed by atoms with E-state index in [-0.39, 0.29) is 22.0 Å². The third kappa shape index (κ3) is 18.9. The van der Waals surface area contributed by atoms with Gasteiger partial charge in [0.15, 0.2) is 0 Å². The zero-order valence-corrected chi connectivity index (χ0v) is 15.2. The SMILES string of the molecule is C(=NCCCN=Cc1ccccn1)c1ccccn1.O.[N-]=[N+]=[N-].[N-]=[N+]=[N-].[Ni+2]. The van der Waals surface area contributed by atoms with Gasteiger partial charge in [-0.1, -0.05) is 12.1 Å². The zero-order valence-electron chi connectivity index (χ0n) is 14.2. The van der Waals surface area contributed by atoms with E-state index < -0.39 is 0 Å². The van der Waals surface area contributed by atoms with Gasteiger partial charge in [-0.25, -0.2) is 0 Å². The van der Waals surface area contributed by atoms with Gasteiger partial charge >= 0.3 is 16.5 Å². The molecule has 144 valence electrons. The third-order valence-electron chi connectivity index (χ3n) is 2.40. The maximum absolute atomic E-state index is 6.75. The minimum atomic E-state index is 0. The number of nitrogens with zero attached hydrogens (tertiary/aromatic N) is 10. The van der Waals surface area contributed by atoms with Gasteiger partial charge in [0.25, 0.3) is 0 Å². The van der Waals surface area contributed by atoms with E-state index in [1.165, 1.54) is 9.82 Å². The van der Waals surface area contributed by atoms with Crippen LogP contribution in [0.5, 0.6) is 0 Å². The van der Waals surface area contributed by atoms with Gasteiger partial charge in [-0.2, -0.15) is 0 Å². The molecule has 27 heavy (non-hydrogen) atoms. The number of rotatable bonds is 6. The molecule has 0 unspecified atom stereocenters. The molecule has 2 heterocycles. The molecule has 0 aliphatic heterocycles. The Labute approximate surface area is 166 Å². The van der Waals surface area contributed by atoms with Gasteiger partial charge in [0, 0.05) is 37.9 Å². The van der Waals surface area contributed by atoms with Gasteiger partial charge in [0.05, 0.1) is 11.4 Å². The summed E-state index contributed by atoms with van der Waals surface area (Å²) in [7, 11) is 0. The van der Waals surface area contributed by atoms with Crippen molar-refractivity contribution in [1.29, 1.82) is 0 Å². The molecule has 2 aromatic heterocycles. The molecule has 0 aliphatic carbocycles. The Morgan fingerprint density at radius 3 is 1.44 bits per heavy atom. The average Bonchev–Trinajstić information content (AvgIpc) is 2.64. The largest absolute Gasteiger partial charge is 2.00 e. The molecule has 0 fully saturated rings. The second-order valence-corrected chi connectivity index (χ2v) is 4.11. The van der Waals surface area contributed by atoms with Crippen molar-refractivity contribution in [3.8, 4) is 0 Å². The molecule has 2 aromatic rings. The van der Waals surface area contributed by atoms with Crippen LogP contribution in [-0.4, -0.2) is 41.0 Å². The first kappa shape index (κ1) is 28.5. The number of pyridine rings is 2. The van der Waals surface area contributed by atoms with Crippen LogP contribution < -0.4 is 0 Å². The Bertz CT molecular complexity index is 636. The topological polar surface area (TPSA) is 199 Å². The fourth-order valence-electron chi connectivity index (χ4n) is 1.47. The van der Waals surface area contributed by atoms with Crippen LogP contribution in [0.25, 0.3) is 31.9 Å². The van der Waals surface area contributed by atoms with E-state index in [1.54, 1.807) is 24.8 Å². The summed E-state index contributed by atoms with van der Waals surface area (Å²) in [5, 5.41) is 0. The van der Waals surface area contributed by atoms with E-state index >= 15 is 0 Å². The quantitative estimate of drug-likeness (QED) is 0.175. The smallest absolute Gasteiger partial charge is 0.412 e. The molecular weight excluding hydrogens is 395 g/mol. The van der Waals surface area contributed by atoms with Crippen LogP contribution in [0.1, 0.15) is 17.8 Å². The summed E-state index contributed by atoms with van der Waals surface area (Å²) in [5.41, 5.74) is 28.8. The van der Waals surface area contributed by atoms with Gasteiger partial charge < -0.3 is 27.6 Å². The van der Waals surface area contributed by atoms with E-state index in [4.69, 9.17) is 22.1 Å². The van der Waals surface area contributed by atoms with Crippen molar-refractivity contribution in [3.63, 3.8) is 0 Å². The normalized spacial score (nSPS) is 8.59. The van der Waals surface area contributed by atoms with Gasteiger partial charge in [0.1, 0.15) is 0 Å². The molecule has 0 aliphatic rings. The van der Waals surface area contributed by atoms with Crippen molar-refractivity contribution in [2.24, 2.45) is 9.98 Å². The van der Waals surface area contributed by atoms with Crippen molar-refractivity contribution in [2.45, 2.75) is 6.42 Å². The summed E-state index contributed by atoms with van der Waals surface area (Å²) < 4.78 is 0. The summed E-state index contributed by atoms with van der Waals surface area (Å²) in [5.74, 6) is 0. The Morgan fingerprint density at radius 1 is 0.778 bits per heavy atom. The first-order chi connectivity index (χ1) is 12.3. The van der Waals surface area contributed by atoms with Crippen molar-refractivity contribution in [1.82, 2.24) is 9.97 Å². The minimum Gasteiger partial charge on any atom is -0.412 e. The standard InChI is InChI=1S/C15H16N4.2N3.Ni.H2O/c1-3-10-18-14(6-1)12-16-8-5-9-17-13-15-7-2-4-11-19-15;2*1-3-2;;/h1-4,6-7,10-13H,5,8-9H2;;;;1H2/q;2*-1;+2;. The summed E-state index contributed by atoms with van der Waals surface area (Å²) in [6, 6.07) is 11.6. The van der Waals surface area contributed by atoms with Crippen molar-refractivity contribution >= 4 is 12.4 Å². The predicted octanol–water partition coefficient (Wildman–Crippen LogP) is 3.31. The Balaban J connectivity index is -0.000000640. The number of aromatic nitrogens is 2. The van der Waals surface area contributed by atoms with E-state index in [0.29, 0.717) is 0 Å². The molecule has 0 aromatic carbocycles. The Morgan fingerprint density at radius 2 is 1.15 bits per heavy atom. The summed E-state index contributed by atoms with van der Waals surface area (Å²) in [4.78, 5) is 19.9. The molecule has 0 amide bonds. The molecule has 0 bridgehead atoms. The molecule has 0 saturated carbocycles. The van der Waals surface area contributed by atoms with Crippen LogP contribution in [0.15, 0.2) is 58.8 Å². The fourth-order valence-corrected chi connectivity index (χ4v) is 1.47. The maximum atomic E-state index is 6.75. The van der Waals surface area contributed by atoms with Crippen molar-refractivity contribution < 1.29 is 22.0 Å². The zero-order chi connectivity index (χ0) is 18.6. The van der Waals surface area contributed by atoms with Crippen LogP contribution in [0.2, 0.25) is 0 Å². The van der Waals surface area contributed by atoms with Crippen LogP contribution >= 0.6 is 0 Å². The first-order valence-electron chi connectivity index (χ1n) is 7.07. The van der Waals surface area contributed by atoms with Crippen LogP contribution in [0.4, 0.5) is 0 Å². The number of hydrogen-bond donors (Lipinski definition) is 0. The Hall–Kier alpha value is -3.29. The molecule has 0 radical (unpaired) electrons. The van der Waals surface area contributed by atoms with Gasteiger partial charge in [-0.15, -0.1) is 0 Å². The number of aliphatic imine (C=N–C) groups is 2. The monoisotopic (exact) mass is 412 g/mol. The summed E-state index contributed by atoms with van der Waals surface area (Å²) >= 11 is 0. The van der Waals surface area contributed by atoms with Crippen LogP contribution in [0.3, 0.4) is 0 Å². The van der Waals surface area contributed by atoms with E-state index in [1.807, 2.05) is 36.4 Å². The van der Waals surface area contributed by atoms with Crippen molar-refractivity contribution in [3.05, 3.63) is 92.1 Å². The molecule has 0 spiro atoms. The van der Waals surface area contributed by atoms with E-state index in [0.717, 1.165) is 30.9 Å². The molecular formula is C15H18N10NiO. The van der Waals surface area contributed by atoms with Crippen molar-refractivity contribution in [2.75, 3.05) is 13.1 Å². The van der Waals surface area contributed by atoms with Gasteiger partial charge in [-0.05, 0) is 30.7 Å². The van der Waals surface area contributed by atoms with Gasteiger partial charge in [0.2, 0.25) is 0 Å². The fraction of sp³-hybridized carbons (Fsp3) is 0.200. The molecule has 0 atom stereocenters. The first-order valence-corrected chi connectivity index (χ1v) is 7.07. The predicted molar refractivity (Wildman–Crippen MR) is 102 cm³/mol. The summed E-state index contributed by atoms with van der Waals surface area (Å²) in [6.07, 6.45) is 8.04. The Kier molecular flexibility index (Phi) is 24.0. The third-order valence-corrected chi connectivity index (χ3v) is 2.40. The van der Waals surface area contributed by atoms with Crippen LogP contribution in [-0.2, 0) is 16.5 Å². The maximum Gasteiger partial charge on any atom is 2.00 e. The molecule has 11 nitrogen and oxygen atoms in total. The molecule has 2 rings (SSSR count). The van der Waals surface area contributed by atoms with E-state index in [9.17, 15) is 0 Å². The summed E-state index contributed by atoms with van der Waals surface area (Å²) in [6.45, 7) is 1.52.